The molecule has 0 atom stereocenters. The maximum atomic E-state index is 12.4. The molecule has 0 aromatic heterocycles. The van der Waals surface area contributed by atoms with Gasteiger partial charge in [-0.15, -0.1) is 0 Å². The van der Waals surface area contributed by atoms with Gasteiger partial charge in [0.05, 0.1) is 17.6 Å². The fourth-order valence-corrected chi connectivity index (χ4v) is 3.51. The molecule has 0 saturated heterocycles. The second-order valence-corrected chi connectivity index (χ2v) is 7.27. The Kier molecular flexibility index (Phi) is 8.88. The van der Waals surface area contributed by atoms with Crippen LogP contribution in [-0.2, 0) is 10.0 Å². The van der Waals surface area contributed by atoms with Crippen molar-refractivity contribution in [3.63, 3.8) is 0 Å². The molecule has 7 nitrogen and oxygen atoms in total. The molecule has 1 amide bonds. The third-order valence-corrected chi connectivity index (χ3v) is 5.43. The number of hydrogen-bond donors (Lipinski definition) is 2. The van der Waals surface area contributed by atoms with Gasteiger partial charge in [-0.05, 0) is 44.3 Å². The minimum absolute atomic E-state index is 0.0449. The minimum atomic E-state index is -3.63. The summed E-state index contributed by atoms with van der Waals surface area (Å²) in [6.07, 6.45) is 0.825. The van der Waals surface area contributed by atoms with Gasteiger partial charge in [-0.25, -0.2) is 13.1 Å². The van der Waals surface area contributed by atoms with Crippen molar-refractivity contribution in [1.82, 2.24) is 14.9 Å². The molecule has 0 radical (unpaired) electrons. The molecule has 0 saturated carbocycles. The number of carbonyl (C=O) groups excluding carboxylic acids is 1. The highest BCUT2D eigenvalue weighted by molar-refractivity contribution is 7.89. The topological polar surface area (TPSA) is 87.7 Å². The summed E-state index contributed by atoms with van der Waals surface area (Å²) >= 11 is 0. The number of ether oxygens (including phenoxy) is 1. The molecule has 1 aromatic carbocycles. The van der Waals surface area contributed by atoms with Crippen molar-refractivity contribution in [3.05, 3.63) is 23.8 Å². The van der Waals surface area contributed by atoms with E-state index in [1.165, 1.54) is 25.3 Å². The van der Waals surface area contributed by atoms with E-state index in [9.17, 15) is 13.2 Å². The van der Waals surface area contributed by atoms with Crippen LogP contribution in [0.5, 0.6) is 5.75 Å². The molecule has 0 unspecified atom stereocenters. The zero-order chi connectivity index (χ0) is 18.9. The molecule has 0 bridgehead atoms. The number of sulfonamides is 1. The Balaban J connectivity index is 2.82. The first-order valence-corrected chi connectivity index (χ1v) is 10.1. The summed E-state index contributed by atoms with van der Waals surface area (Å²) < 4.78 is 31.8. The maximum absolute atomic E-state index is 12.4. The molecule has 0 aliphatic heterocycles. The smallest absolute Gasteiger partial charge is 0.255 e. The lowest BCUT2D eigenvalue weighted by atomic mass is 10.2. The predicted octanol–water partition coefficient (Wildman–Crippen LogP) is 1.46. The molecule has 2 N–H and O–H groups in total. The number of methoxy groups -OCH3 is 1. The molecule has 25 heavy (non-hydrogen) atoms. The van der Waals surface area contributed by atoms with Crippen molar-refractivity contribution < 1.29 is 17.9 Å². The second kappa shape index (κ2) is 10.4. The van der Waals surface area contributed by atoms with E-state index >= 15 is 0 Å². The summed E-state index contributed by atoms with van der Waals surface area (Å²) in [6.45, 7) is 9.55. The van der Waals surface area contributed by atoms with Crippen LogP contribution >= 0.6 is 0 Å². The van der Waals surface area contributed by atoms with Crippen LogP contribution in [0.1, 0.15) is 37.6 Å². The average Bonchev–Trinajstić information content (AvgIpc) is 2.61. The number of nitrogens with one attached hydrogen (secondary N) is 2. The minimum Gasteiger partial charge on any atom is -0.496 e. The normalized spacial score (nSPS) is 11.6. The van der Waals surface area contributed by atoms with E-state index in [1.807, 2.05) is 0 Å². The van der Waals surface area contributed by atoms with Crippen molar-refractivity contribution in [2.45, 2.75) is 32.1 Å². The molecular formula is C17H29N3O4S. The van der Waals surface area contributed by atoms with Crippen LogP contribution in [0.4, 0.5) is 0 Å². The monoisotopic (exact) mass is 371 g/mol. The Morgan fingerprint density at radius 1 is 1.20 bits per heavy atom. The van der Waals surface area contributed by atoms with Crippen molar-refractivity contribution >= 4 is 15.9 Å². The van der Waals surface area contributed by atoms with Crippen molar-refractivity contribution in [2.24, 2.45) is 0 Å². The quantitative estimate of drug-likeness (QED) is 0.575. The fraction of sp³-hybridized carbons (Fsp3) is 0.588. The summed E-state index contributed by atoms with van der Waals surface area (Å²) in [4.78, 5) is 14.7. The van der Waals surface area contributed by atoms with E-state index in [0.717, 1.165) is 26.1 Å². The number of benzene rings is 1. The van der Waals surface area contributed by atoms with E-state index in [0.29, 0.717) is 12.3 Å². The van der Waals surface area contributed by atoms with Gasteiger partial charge in [-0.3, -0.25) is 4.79 Å². The van der Waals surface area contributed by atoms with E-state index < -0.39 is 10.0 Å². The zero-order valence-electron chi connectivity index (χ0n) is 15.5. The third kappa shape index (κ3) is 6.30. The predicted molar refractivity (Wildman–Crippen MR) is 98.6 cm³/mol. The Labute approximate surface area is 150 Å². The molecule has 1 aromatic rings. The lowest BCUT2D eigenvalue weighted by Gasteiger charge is -2.18. The highest BCUT2D eigenvalue weighted by Crippen LogP contribution is 2.22. The first-order valence-electron chi connectivity index (χ1n) is 8.57. The number of amides is 1. The van der Waals surface area contributed by atoms with E-state index in [-0.39, 0.29) is 22.9 Å². The number of nitrogens with zero attached hydrogens (tertiary/aromatic N) is 1. The van der Waals surface area contributed by atoms with Gasteiger partial charge >= 0.3 is 0 Å². The van der Waals surface area contributed by atoms with Crippen molar-refractivity contribution in [1.29, 1.82) is 0 Å². The Morgan fingerprint density at radius 3 is 2.44 bits per heavy atom. The van der Waals surface area contributed by atoms with Crippen LogP contribution < -0.4 is 14.8 Å². The van der Waals surface area contributed by atoms with Gasteiger partial charge in [0.15, 0.2) is 0 Å². The summed E-state index contributed by atoms with van der Waals surface area (Å²) in [6, 6.07) is 4.26. The third-order valence-electron chi connectivity index (χ3n) is 3.89. The van der Waals surface area contributed by atoms with Crippen LogP contribution in [0, 0.1) is 0 Å². The van der Waals surface area contributed by atoms with Crippen molar-refractivity contribution in [3.8, 4) is 5.75 Å². The van der Waals surface area contributed by atoms with E-state index in [4.69, 9.17) is 4.74 Å². The highest BCUT2D eigenvalue weighted by atomic mass is 32.2. The van der Waals surface area contributed by atoms with Crippen LogP contribution in [0.2, 0.25) is 0 Å². The number of carbonyl (C=O) groups is 1. The van der Waals surface area contributed by atoms with Crippen LogP contribution in [0.15, 0.2) is 23.1 Å². The SMILES string of the molecule is CCNS(=O)(=O)c1ccc(OC)c(C(=O)NCCCN(CC)CC)c1. The molecule has 0 spiro atoms. The highest BCUT2D eigenvalue weighted by Gasteiger charge is 2.19. The molecular weight excluding hydrogens is 342 g/mol. The van der Waals surface area contributed by atoms with Gasteiger partial charge in [0.1, 0.15) is 5.75 Å². The molecule has 0 fully saturated rings. The van der Waals surface area contributed by atoms with Crippen LogP contribution in [-0.4, -0.2) is 59.1 Å². The number of hydrogen-bond acceptors (Lipinski definition) is 5. The van der Waals surface area contributed by atoms with E-state index in [2.05, 4.69) is 28.8 Å². The number of rotatable bonds is 11. The fourth-order valence-electron chi connectivity index (χ4n) is 2.44. The molecule has 0 heterocycles. The molecule has 0 aliphatic rings. The largest absolute Gasteiger partial charge is 0.496 e. The Bertz CT molecular complexity index is 658. The summed E-state index contributed by atoms with van der Waals surface area (Å²) in [5.41, 5.74) is 0.212. The van der Waals surface area contributed by atoms with Crippen LogP contribution in [0.25, 0.3) is 0 Å². The molecule has 8 heteroatoms. The lowest BCUT2D eigenvalue weighted by molar-refractivity contribution is 0.0948. The van der Waals surface area contributed by atoms with Gasteiger partial charge < -0.3 is 15.0 Å². The molecule has 0 aliphatic carbocycles. The van der Waals surface area contributed by atoms with Gasteiger partial charge in [0.2, 0.25) is 10.0 Å². The average molecular weight is 372 g/mol. The van der Waals surface area contributed by atoms with E-state index in [1.54, 1.807) is 6.92 Å². The van der Waals surface area contributed by atoms with Gasteiger partial charge in [0, 0.05) is 13.1 Å². The summed E-state index contributed by atoms with van der Waals surface area (Å²) in [5, 5.41) is 2.83. The van der Waals surface area contributed by atoms with Crippen molar-refractivity contribution in [2.75, 3.05) is 39.8 Å². The maximum Gasteiger partial charge on any atom is 0.255 e. The lowest BCUT2D eigenvalue weighted by Crippen LogP contribution is -2.30. The summed E-state index contributed by atoms with van der Waals surface area (Å²) in [5.74, 6) is 0.00152. The molecule has 1 rings (SSSR count). The summed E-state index contributed by atoms with van der Waals surface area (Å²) in [7, 11) is -2.18. The standard InChI is InChI=1S/C17H29N3O4S/c1-5-19-25(22,23)14-9-10-16(24-4)15(13-14)17(21)18-11-8-12-20(6-2)7-3/h9-10,13,19H,5-8,11-12H2,1-4H3,(H,18,21). The van der Waals surface area contributed by atoms with Gasteiger partial charge in [-0.2, -0.15) is 0 Å². The van der Waals surface area contributed by atoms with Gasteiger partial charge in [0.25, 0.3) is 5.91 Å². The first-order chi connectivity index (χ1) is 11.9. The zero-order valence-corrected chi connectivity index (χ0v) is 16.3. The Hall–Kier alpha value is -1.64. The van der Waals surface area contributed by atoms with Crippen LogP contribution in [0.3, 0.4) is 0 Å². The first kappa shape index (κ1) is 21.4. The van der Waals surface area contributed by atoms with Gasteiger partial charge in [-0.1, -0.05) is 20.8 Å². The molecule has 142 valence electrons. The Morgan fingerprint density at radius 2 is 1.88 bits per heavy atom. The second-order valence-electron chi connectivity index (χ2n) is 5.50.